The van der Waals surface area contributed by atoms with Crippen molar-refractivity contribution in [1.29, 1.82) is 0 Å². The fraction of sp³-hybridized carbons (Fsp3) is 0.0667. The molecule has 0 unspecified atom stereocenters. The third kappa shape index (κ3) is 2.44. The molecule has 2 N–H and O–H groups in total. The highest BCUT2D eigenvalue weighted by molar-refractivity contribution is 9.10. The number of ether oxygens (including phenoxy) is 1. The number of nitrogens with two attached hydrogens (primary N) is 1. The molecule has 0 radical (unpaired) electrons. The maximum atomic E-state index is 5.88. The van der Waals surface area contributed by atoms with Crippen molar-refractivity contribution >= 4 is 32.5 Å². The minimum atomic E-state index is 0.513. The lowest BCUT2D eigenvalue weighted by Gasteiger charge is -2.09. The van der Waals surface area contributed by atoms with Gasteiger partial charge in [-0.3, -0.25) is 0 Å². The molecule has 0 saturated heterocycles. The summed E-state index contributed by atoms with van der Waals surface area (Å²) >= 11 is 3.49. The molecule has 1 heterocycles. The zero-order valence-corrected chi connectivity index (χ0v) is 12.4. The predicted molar refractivity (Wildman–Crippen MR) is 82.9 cm³/mol. The van der Waals surface area contributed by atoms with E-state index in [9.17, 15) is 0 Å². The first-order valence-electron chi connectivity index (χ1n) is 6.08. The van der Waals surface area contributed by atoms with Crippen LogP contribution in [0.25, 0.3) is 10.9 Å². The van der Waals surface area contributed by atoms with Gasteiger partial charge in [-0.15, -0.1) is 0 Å². The number of hydrogen-bond donors (Lipinski definition) is 1. The van der Waals surface area contributed by atoms with Crippen LogP contribution in [-0.2, 0) is 0 Å². The molecule has 0 amide bonds. The fourth-order valence-electron chi connectivity index (χ4n) is 1.92. The van der Waals surface area contributed by atoms with E-state index in [1.54, 1.807) is 6.07 Å². The van der Waals surface area contributed by atoms with Crippen LogP contribution >= 0.6 is 15.9 Å². The first kappa shape index (κ1) is 12.9. The van der Waals surface area contributed by atoms with Gasteiger partial charge in [0.05, 0.1) is 15.4 Å². The number of anilines is 1. The molecule has 0 aliphatic heterocycles. The van der Waals surface area contributed by atoms with E-state index in [1.165, 1.54) is 6.33 Å². The molecule has 0 aliphatic rings. The SMILES string of the molecule is Cc1ccc(Oc2ncnc3cc(N)ccc23)c(Br)c1. The number of rotatable bonds is 2. The zero-order chi connectivity index (χ0) is 14.1. The topological polar surface area (TPSA) is 61.0 Å². The minimum absolute atomic E-state index is 0.513. The molecule has 0 saturated carbocycles. The Kier molecular flexibility index (Phi) is 3.28. The highest BCUT2D eigenvalue weighted by Crippen LogP contribution is 2.32. The van der Waals surface area contributed by atoms with Crippen LogP contribution in [0.15, 0.2) is 47.2 Å². The Hall–Kier alpha value is -2.14. The third-order valence-corrected chi connectivity index (χ3v) is 3.54. The van der Waals surface area contributed by atoms with Crippen molar-refractivity contribution in [3.63, 3.8) is 0 Å². The number of benzene rings is 2. The van der Waals surface area contributed by atoms with Crippen LogP contribution in [0.3, 0.4) is 0 Å². The van der Waals surface area contributed by atoms with Gasteiger partial charge in [0.15, 0.2) is 0 Å². The molecule has 5 heteroatoms. The van der Waals surface area contributed by atoms with E-state index in [0.717, 1.165) is 20.9 Å². The van der Waals surface area contributed by atoms with Crippen LogP contribution in [0.2, 0.25) is 0 Å². The number of halogens is 1. The number of hydrogen-bond acceptors (Lipinski definition) is 4. The van der Waals surface area contributed by atoms with E-state index in [-0.39, 0.29) is 0 Å². The molecule has 0 fully saturated rings. The molecule has 2 aromatic carbocycles. The van der Waals surface area contributed by atoms with Crippen LogP contribution < -0.4 is 10.5 Å². The number of aromatic nitrogens is 2. The highest BCUT2D eigenvalue weighted by atomic mass is 79.9. The van der Waals surface area contributed by atoms with Crippen LogP contribution in [-0.4, -0.2) is 9.97 Å². The molecule has 0 spiro atoms. The van der Waals surface area contributed by atoms with Crippen molar-refractivity contribution in [2.75, 3.05) is 5.73 Å². The second kappa shape index (κ2) is 5.09. The second-order valence-corrected chi connectivity index (χ2v) is 5.35. The van der Waals surface area contributed by atoms with Crippen LogP contribution in [0.1, 0.15) is 5.56 Å². The summed E-state index contributed by atoms with van der Waals surface area (Å²) in [7, 11) is 0. The Labute approximate surface area is 124 Å². The minimum Gasteiger partial charge on any atom is -0.437 e. The van der Waals surface area contributed by atoms with Gasteiger partial charge in [-0.2, -0.15) is 0 Å². The van der Waals surface area contributed by atoms with E-state index >= 15 is 0 Å². The van der Waals surface area contributed by atoms with E-state index in [1.807, 2.05) is 37.3 Å². The summed E-state index contributed by atoms with van der Waals surface area (Å²) in [5.74, 6) is 1.23. The molecule has 100 valence electrons. The van der Waals surface area contributed by atoms with Crippen LogP contribution in [0.4, 0.5) is 5.69 Å². The Morgan fingerprint density at radius 3 is 2.75 bits per heavy atom. The summed E-state index contributed by atoms with van der Waals surface area (Å²) in [6.45, 7) is 2.03. The Bertz CT molecular complexity index is 789. The molecule has 1 aromatic heterocycles. The molecule has 0 atom stereocenters. The summed E-state index contributed by atoms with van der Waals surface area (Å²) in [6, 6.07) is 11.4. The maximum Gasteiger partial charge on any atom is 0.230 e. The van der Waals surface area contributed by atoms with Crippen LogP contribution in [0.5, 0.6) is 11.6 Å². The van der Waals surface area contributed by atoms with Gasteiger partial charge in [-0.25, -0.2) is 9.97 Å². The standard InChI is InChI=1S/C15H12BrN3O/c1-9-2-5-14(12(16)6-9)20-15-11-4-3-10(17)7-13(11)18-8-19-15/h2-8H,17H2,1H3. The number of nitrogen functional groups attached to an aromatic ring is 1. The lowest BCUT2D eigenvalue weighted by atomic mass is 10.2. The first-order valence-corrected chi connectivity index (χ1v) is 6.87. The summed E-state index contributed by atoms with van der Waals surface area (Å²) in [5, 5.41) is 0.828. The Morgan fingerprint density at radius 1 is 1.10 bits per heavy atom. The highest BCUT2D eigenvalue weighted by Gasteiger charge is 2.08. The van der Waals surface area contributed by atoms with Crippen LogP contribution in [0, 0.1) is 6.92 Å². The summed E-state index contributed by atoms with van der Waals surface area (Å²) in [5.41, 5.74) is 8.34. The number of aryl methyl sites for hydroxylation is 1. The number of nitrogens with zero attached hydrogens (tertiary/aromatic N) is 2. The Morgan fingerprint density at radius 2 is 1.95 bits per heavy atom. The van der Waals surface area contributed by atoms with Gasteiger partial charge in [0.1, 0.15) is 12.1 Å². The van der Waals surface area contributed by atoms with Gasteiger partial charge in [0, 0.05) is 5.69 Å². The lowest BCUT2D eigenvalue weighted by Crippen LogP contribution is -1.93. The monoisotopic (exact) mass is 329 g/mol. The molecular weight excluding hydrogens is 318 g/mol. The fourth-order valence-corrected chi connectivity index (χ4v) is 2.50. The van der Waals surface area contributed by atoms with Gasteiger partial charge in [0.2, 0.25) is 5.88 Å². The zero-order valence-electron chi connectivity index (χ0n) is 10.8. The molecule has 3 aromatic rings. The third-order valence-electron chi connectivity index (χ3n) is 2.92. The van der Waals surface area contributed by atoms with Crippen molar-refractivity contribution < 1.29 is 4.74 Å². The molecule has 4 nitrogen and oxygen atoms in total. The van der Waals surface area contributed by atoms with Gasteiger partial charge >= 0.3 is 0 Å². The summed E-state index contributed by atoms with van der Waals surface area (Å²) in [4.78, 5) is 8.40. The molecule has 20 heavy (non-hydrogen) atoms. The Balaban J connectivity index is 2.06. The van der Waals surface area contributed by atoms with E-state index in [4.69, 9.17) is 10.5 Å². The van der Waals surface area contributed by atoms with Gasteiger partial charge in [0.25, 0.3) is 0 Å². The summed E-state index contributed by atoms with van der Waals surface area (Å²) in [6.07, 6.45) is 1.47. The van der Waals surface area contributed by atoms with E-state index in [0.29, 0.717) is 17.3 Å². The van der Waals surface area contributed by atoms with Crippen molar-refractivity contribution in [1.82, 2.24) is 9.97 Å². The second-order valence-electron chi connectivity index (χ2n) is 4.49. The molecule has 0 bridgehead atoms. The van der Waals surface area contributed by atoms with E-state index < -0.39 is 0 Å². The molecular formula is C15H12BrN3O. The smallest absolute Gasteiger partial charge is 0.230 e. The average Bonchev–Trinajstić information content (AvgIpc) is 2.41. The lowest BCUT2D eigenvalue weighted by molar-refractivity contribution is 0.465. The average molecular weight is 330 g/mol. The predicted octanol–water partition coefficient (Wildman–Crippen LogP) is 4.08. The number of fused-ring (bicyclic) bond motifs is 1. The van der Waals surface area contributed by atoms with Gasteiger partial charge in [-0.1, -0.05) is 6.07 Å². The van der Waals surface area contributed by atoms with E-state index in [2.05, 4.69) is 25.9 Å². The quantitative estimate of drug-likeness (QED) is 0.720. The largest absolute Gasteiger partial charge is 0.437 e. The summed E-state index contributed by atoms with van der Waals surface area (Å²) < 4.78 is 6.77. The van der Waals surface area contributed by atoms with Crippen molar-refractivity contribution in [2.45, 2.75) is 6.92 Å². The normalized spacial score (nSPS) is 10.7. The maximum absolute atomic E-state index is 5.88. The molecule has 0 aliphatic carbocycles. The molecule has 3 rings (SSSR count). The van der Waals surface area contributed by atoms with Crippen molar-refractivity contribution in [3.8, 4) is 11.6 Å². The van der Waals surface area contributed by atoms with Crippen molar-refractivity contribution in [3.05, 3.63) is 52.8 Å². The van der Waals surface area contributed by atoms with Gasteiger partial charge < -0.3 is 10.5 Å². The van der Waals surface area contributed by atoms with Crippen molar-refractivity contribution in [2.24, 2.45) is 0 Å². The van der Waals surface area contributed by atoms with Gasteiger partial charge in [-0.05, 0) is 58.7 Å². The first-order chi connectivity index (χ1) is 9.63.